The molecule has 2 rings (SSSR count). The Morgan fingerprint density at radius 2 is 2.00 bits per heavy atom. The number of aromatic hydroxyl groups is 2. The van der Waals surface area contributed by atoms with Gasteiger partial charge in [0.2, 0.25) is 0 Å². The maximum Gasteiger partial charge on any atom is 0.308 e. The summed E-state index contributed by atoms with van der Waals surface area (Å²) in [4.78, 5) is 11.1. The lowest BCUT2D eigenvalue weighted by Gasteiger charge is -2.14. The van der Waals surface area contributed by atoms with Gasteiger partial charge in [-0.3, -0.25) is 4.79 Å². The monoisotopic (exact) mass is 306 g/mol. The fourth-order valence-electron chi connectivity index (χ4n) is 2.40. The molecule has 0 saturated heterocycles. The Labute approximate surface area is 127 Å². The van der Waals surface area contributed by atoms with Gasteiger partial charge in [0.05, 0.1) is 32.1 Å². The van der Waals surface area contributed by atoms with E-state index >= 15 is 0 Å². The number of fused-ring (bicyclic) bond motifs is 1. The van der Waals surface area contributed by atoms with Gasteiger partial charge < -0.3 is 24.8 Å². The van der Waals surface area contributed by atoms with Crippen molar-refractivity contribution in [3.05, 3.63) is 29.8 Å². The molecule has 0 spiro atoms. The Hall–Kier alpha value is -2.47. The number of phenolic OH excluding ortho intramolecular Hbond substituents is 2. The van der Waals surface area contributed by atoms with Crippen molar-refractivity contribution in [3.8, 4) is 17.2 Å². The molecule has 0 heterocycles. The Morgan fingerprint density at radius 1 is 1.27 bits per heavy atom. The molecule has 0 bridgehead atoms. The zero-order chi connectivity index (χ0) is 16.3. The van der Waals surface area contributed by atoms with Crippen molar-refractivity contribution in [1.29, 1.82) is 0 Å². The zero-order valence-electron chi connectivity index (χ0n) is 12.4. The number of ether oxygens (including phenoxy) is 2. The zero-order valence-corrected chi connectivity index (χ0v) is 12.4. The van der Waals surface area contributed by atoms with Crippen LogP contribution in [0.4, 0.5) is 0 Å². The van der Waals surface area contributed by atoms with Crippen LogP contribution in [0.1, 0.15) is 12.0 Å². The number of esters is 1. The van der Waals surface area contributed by atoms with Crippen LogP contribution >= 0.6 is 0 Å². The SMILES string of the molecule is COC(=O)C[C@H](O)Cc1cc(O)c2c(OC)cccc2c1O. The van der Waals surface area contributed by atoms with Crippen molar-refractivity contribution in [2.45, 2.75) is 18.9 Å². The minimum Gasteiger partial charge on any atom is -0.507 e. The molecule has 0 aromatic heterocycles. The number of hydrogen-bond acceptors (Lipinski definition) is 6. The number of benzene rings is 2. The van der Waals surface area contributed by atoms with E-state index in [2.05, 4.69) is 4.74 Å². The quantitative estimate of drug-likeness (QED) is 0.575. The molecule has 22 heavy (non-hydrogen) atoms. The summed E-state index contributed by atoms with van der Waals surface area (Å²) in [5.74, 6) is -0.230. The van der Waals surface area contributed by atoms with Gasteiger partial charge >= 0.3 is 5.97 Å². The van der Waals surface area contributed by atoms with E-state index in [0.29, 0.717) is 22.1 Å². The molecule has 2 aromatic rings. The highest BCUT2D eigenvalue weighted by molar-refractivity contribution is 5.98. The number of hydrogen-bond donors (Lipinski definition) is 3. The topological polar surface area (TPSA) is 96.2 Å². The third kappa shape index (κ3) is 3.07. The van der Waals surface area contributed by atoms with Crippen molar-refractivity contribution in [1.82, 2.24) is 0 Å². The molecular formula is C16H18O6. The van der Waals surface area contributed by atoms with E-state index in [1.165, 1.54) is 20.3 Å². The fraction of sp³-hybridized carbons (Fsp3) is 0.312. The second-order valence-electron chi connectivity index (χ2n) is 4.92. The Bertz CT molecular complexity index is 695. The lowest BCUT2D eigenvalue weighted by molar-refractivity contribution is -0.142. The van der Waals surface area contributed by atoms with Crippen LogP contribution in [-0.2, 0) is 16.0 Å². The number of methoxy groups -OCH3 is 2. The van der Waals surface area contributed by atoms with Crippen LogP contribution in [0.2, 0.25) is 0 Å². The minimum atomic E-state index is -1.01. The molecule has 0 aliphatic heterocycles. The second-order valence-corrected chi connectivity index (χ2v) is 4.92. The summed E-state index contributed by atoms with van der Waals surface area (Å²) in [7, 11) is 2.71. The summed E-state index contributed by atoms with van der Waals surface area (Å²) in [6, 6.07) is 6.37. The lowest BCUT2D eigenvalue weighted by Crippen LogP contribution is -2.17. The predicted octanol–water partition coefficient (Wildman–Crippen LogP) is 1.73. The van der Waals surface area contributed by atoms with Gasteiger partial charge in [-0.1, -0.05) is 12.1 Å². The molecule has 0 aliphatic carbocycles. The van der Waals surface area contributed by atoms with E-state index in [4.69, 9.17) is 4.74 Å². The molecule has 3 N–H and O–H groups in total. The summed E-state index contributed by atoms with van der Waals surface area (Å²) in [6.07, 6.45) is -1.19. The molecule has 6 heteroatoms. The molecular weight excluding hydrogens is 288 g/mol. The van der Waals surface area contributed by atoms with Crippen molar-refractivity contribution in [2.75, 3.05) is 14.2 Å². The number of phenols is 2. The van der Waals surface area contributed by atoms with Crippen molar-refractivity contribution in [2.24, 2.45) is 0 Å². The van der Waals surface area contributed by atoms with Gasteiger partial charge in [-0.25, -0.2) is 0 Å². The standard InChI is InChI=1S/C16H18O6/c1-21-13-5-3-4-11-15(13)12(18)7-9(16(11)20)6-10(17)8-14(19)22-2/h3-5,7,10,17-18,20H,6,8H2,1-2H3/t10-/m1/s1. The minimum absolute atomic E-state index is 0.0155. The first-order chi connectivity index (χ1) is 10.5. The van der Waals surface area contributed by atoms with E-state index in [1.807, 2.05) is 0 Å². The largest absolute Gasteiger partial charge is 0.507 e. The van der Waals surface area contributed by atoms with E-state index in [9.17, 15) is 20.1 Å². The first kappa shape index (κ1) is 15.9. The summed E-state index contributed by atoms with van der Waals surface area (Å²) in [6.45, 7) is 0. The summed E-state index contributed by atoms with van der Waals surface area (Å²) < 4.78 is 9.66. The van der Waals surface area contributed by atoms with Gasteiger partial charge in [0.1, 0.15) is 17.2 Å². The van der Waals surface area contributed by atoms with Crippen LogP contribution in [0.5, 0.6) is 17.2 Å². The molecule has 2 aromatic carbocycles. The van der Waals surface area contributed by atoms with Crippen LogP contribution in [0.25, 0.3) is 10.8 Å². The maximum absolute atomic E-state index is 11.1. The van der Waals surface area contributed by atoms with Crippen LogP contribution in [0, 0.1) is 0 Å². The van der Waals surface area contributed by atoms with E-state index in [0.717, 1.165) is 0 Å². The average Bonchev–Trinajstić information content (AvgIpc) is 2.51. The number of aliphatic hydroxyl groups is 1. The van der Waals surface area contributed by atoms with Gasteiger partial charge in [0, 0.05) is 17.4 Å². The first-order valence-corrected chi connectivity index (χ1v) is 6.73. The number of carbonyl (C=O) groups excluding carboxylic acids is 1. The fourth-order valence-corrected chi connectivity index (χ4v) is 2.40. The highest BCUT2D eigenvalue weighted by atomic mass is 16.5. The van der Waals surface area contributed by atoms with Crippen LogP contribution in [0.3, 0.4) is 0 Å². The van der Waals surface area contributed by atoms with Crippen molar-refractivity contribution in [3.63, 3.8) is 0 Å². The third-order valence-corrected chi connectivity index (χ3v) is 3.46. The van der Waals surface area contributed by atoms with E-state index < -0.39 is 12.1 Å². The summed E-state index contributed by atoms with van der Waals surface area (Å²) >= 11 is 0. The molecule has 0 fully saturated rings. The smallest absolute Gasteiger partial charge is 0.308 e. The molecule has 0 aliphatic rings. The third-order valence-electron chi connectivity index (χ3n) is 3.46. The molecule has 0 saturated carbocycles. The highest BCUT2D eigenvalue weighted by Gasteiger charge is 2.18. The van der Waals surface area contributed by atoms with Crippen molar-refractivity contribution >= 4 is 16.7 Å². The van der Waals surface area contributed by atoms with Gasteiger partial charge in [-0.15, -0.1) is 0 Å². The summed E-state index contributed by atoms with van der Waals surface area (Å²) in [5, 5.41) is 31.2. The van der Waals surface area contributed by atoms with Crippen LogP contribution < -0.4 is 4.74 Å². The Kier molecular flexibility index (Phi) is 4.72. The maximum atomic E-state index is 11.1. The highest BCUT2D eigenvalue weighted by Crippen LogP contribution is 2.40. The predicted molar refractivity (Wildman–Crippen MR) is 80.2 cm³/mol. The number of aliphatic hydroxyl groups excluding tert-OH is 1. The molecule has 0 amide bonds. The average molecular weight is 306 g/mol. The molecule has 1 atom stereocenters. The van der Waals surface area contributed by atoms with Crippen LogP contribution in [-0.4, -0.2) is 41.6 Å². The molecule has 0 radical (unpaired) electrons. The second kappa shape index (κ2) is 6.53. The van der Waals surface area contributed by atoms with Gasteiger partial charge in [-0.2, -0.15) is 0 Å². The van der Waals surface area contributed by atoms with Crippen molar-refractivity contribution < 1.29 is 29.6 Å². The first-order valence-electron chi connectivity index (χ1n) is 6.73. The number of rotatable bonds is 5. The summed E-state index contributed by atoms with van der Waals surface area (Å²) in [5.41, 5.74) is 0.342. The molecule has 0 unspecified atom stereocenters. The number of carbonyl (C=O) groups is 1. The van der Waals surface area contributed by atoms with Gasteiger partial charge in [0.15, 0.2) is 0 Å². The Balaban J connectivity index is 2.40. The van der Waals surface area contributed by atoms with Crippen LogP contribution in [0.15, 0.2) is 24.3 Å². The van der Waals surface area contributed by atoms with Gasteiger partial charge in [-0.05, 0) is 12.1 Å². The normalized spacial score (nSPS) is 12.1. The molecule has 6 nitrogen and oxygen atoms in total. The van der Waals surface area contributed by atoms with Gasteiger partial charge in [0.25, 0.3) is 0 Å². The van der Waals surface area contributed by atoms with E-state index in [1.54, 1.807) is 18.2 Å². The molecule has 118 valence electrons. The lowest BCUT2D eigenvalue weighted by atomic mass is 9.98. The van der Waals surface area contributed by atoms with E-state index in [-0.39, 0.29) is 24.3 Å². The Morgan fingerprint density at radius 3 is 2.64 bits per heavy atom.